The monoisotopic (exact) mass is 463 g/mol. The van der Waals surface area contributed by atoms with Crippen LogP contribution in [0.25, 0.3) is 37.5 Å². The molecule has 28 heavy (non-hydrogen) atoms. The zero-order chi connectivity index (χ0) is 19.6. The second-order valence-corrected chi connectivity index (χ2v) is 8.15. The number of pyridine rings is 1. The molecule has 5 nitrogen and oxygen atoms in total. The number of aryl methyl sites for hydroxylation is 1. The first kappa shape index (κ1) is 17.5. The Kier molecular flexibility index (Phi) is 3.72. The summed E-state index contributed by atoms with van der Waals surface area (Å²) >= 11 is 4.53. The summed E-state index contributed by atoms with van der Waals surface area (Å²) in [7, 11) is 0. The summed E-state index contributed by atoms with van der Waals surface area (Å²) in [6.07, 6.45) is -2.97. The second-order valence-electron chi connectivity index (χ2n) is 6.24. The summed E-state index contributed by atoms with van der Waals surface area (Å²) < 4.78 is 42.5. The maximum atomic E-state index is 13.1. The van der Waals surface area contributed by atoms with E-state index in [9.17, 15) is 13.2 Å². The topological polar surface area (TPSA) is 56.0 Å². The molecular formula is C18H9BrF3N5S. The molecule has 4 heterocycles. The molecule has 0 spiro atoms. The van der Waals surface area contributed by atoms with Gasteiger partial charge in [-0.2, -0.15) is 13.2 Å². The molecule has 0 radical (unpaired) electrons. The first-order chi connectivity index (χ1) is 13.3. The van der Waals surface area contributed by atoms with E-state index in [0.29, 0.717) is 32.6 Å². The van der Waals surface area contributed by atoms with Crippen molar-refractivity contribution in [3.63, 3.8) is 0 Å². The van der Waals surface area contributed by atoms with Crippen molar-refractivity contribution in [2.24, 2.45) is 0 Å². The number of rotatable bonds is 1. The van der Waals surface area contributed by atoms with Gasteiger partial charge in [-0.25, -0.2) is 19.5 Å². The number of fused-ring (bicyclic) bond motifs is 5. The molecule has 1 aromatic carbocycles. The summed E-state index contributed by atoms with van der Waals surface area (Å²) in [4.78, 5) is 13.1. The van der Waals surface area contributed by atoms with E-state index < -0.39 is 11.9 Å². The Labute approximate surface area is 168 Å². The minimum absolute atomic E-state index is 0.288. The van der Waals surface area contributed by atoms with Gasteiger partial charge in [0.05, 0.1) is 5.52 Å². The van der Waals surface area contributed by atoms with Gasteiger partial charge in [0.25, 0.3) is 0 Å². The smallest absolute Gasteiger partial charge is 0.234 e. The number of nitrogens with zero attached hydrogens (tertiary/aromatic N) is 5. The Hall–Kier alpha value is -2.59. The van der Waals surface area contributed by atoms with Crippen LogP contribution >= 0.6 is 27.3 Å². The van der Waals surface area contributed by atoms with Gasteiger partial charge in [0.1, 0.15) is 21.6 Å². The van der Waals surface area contributed by atoms with Gasteiger partial charge in [0.2, 0.25) is 0 Å². The molecule has 4 aromatic heterocycles. The third kappa shape index (κ3) is 2.67. The van der Waals surface area contributed by atoms with E-state index in [0.717, 1.165) is 27.4 Å². The summed E-state index contributed by atoms with van der Waals surface area (Å²) in [6, 6.07) is 8.60. The quantitative estimate of drug-likeness (QED) is 0.322. The van der Waals surface area contributed by atoms with Gasteiger partial charge in [0, 0.05) is 15.4 Å². The van der Waals surface area contributed by atoms with Crippen molar-refractivity contribution in [1.82, 2.24) is 24.6 Å². The molecule has 0 saturated carbocycles. The van der Waals surface area contributed by atoms with Gasteiger partial charge in [-0.15, -0.1) is 16.4 Å². The SMILES string of the molecule is Cc1cc(C(F)(F)F)nc2sc3c(ncn4nc(-c5ccc(Br)cc5)nc34)c12. The van der Waals surface area contributed by atoms with E-state index >= 15 is 0 Å². The highest BCUT2D eigenvalue weighted by Gasteiger charge is 2.33. The van der Waals surface area contributed by atoms with E-state index in [-0.39, 0.29) is 4.83 Å². The lowest BCUT2D eigenvalue weighted by Gasteiger charge is -2.06. The molecule has 0 amide bonds. The summed E-state index contributed by atoms with van der Waals surface area (Å²) in [5, 5.41) is 5.06. The average Bonchev–Trinajstić information content (AvgIpc) is 3.22. The molecule has 10 heteroatoms. The Morgan fingerprint density at radius 3 is 2.57 bits per heavy atom. The summed E-state index contributed by atoms with van der Waals surface area (Å²) in [5.41, 5.74) is 1.53. The van der Waals surface area contributed by atoms with Gasteiger partial charge in [-0.1, -0.05) is 28.1 Å². The molecule has 0 atom stereocenters. The highest BCUT2D eigenvalue weighted by Crippen LogP contribution is 2.38. The molecule has 0 aliphatic rings. The zero-order valence-corrected chi connectivity index (χ0v) is 16.5. The van der Waals surface area contributed by atoms with E-state index in [2.05, 4.69) is 36.0 Å². The van der Waals surface area contributed by atoms with Crippen molar-refractivity contribution >= 4 is 53.3 Å². The Balaban J connectivity index is 1.78. The van der Waals surface area contributed by atoms with Crippen molar-refractivity contribution in [3.05, 3.63) is 52.4 Å². The number of halogens is 4. The molecule has 0 unspecified atom stereocenters. The average molecular weight is 464 g/mol. The fraction of sp³-hybridized carbons (Fsp3) is 0.111. The summed E-state index contributed by atoms with van der Waals surface area (Å²) in [5.74, 6) is 0.514. The molecular weight excluding hydrogens is 455 g/mol. The van der Waals surface area contributed by atoms with Crippen LogP contribution in [0.2, 0.25) is 0 Å². The number of alkyl halides is 3. The van der Waals surface area contributed by atoms with Gasteiger partial charge >= 0.3 is 6.18 Å². The highest BCUT2D eigenvalue weighted by molar-refractivity contribution is 9.10. The van der Waals surface area contributed by atoms with Crippen LogP contribution in [0.4, 0.5) is 13.2 Å². The van der Waals surface area contributed by atoms with Crippen LogP contribution < -0.4 is 0 Å². The Morgan fingerprint density at radius 2 is 1.86 bits per heavy atom. The largest absolute Gasteiger partial charge is 0.433 e. The lowest BCUT2D eigenvalue weighted by Crippen LogP contribution is -2.07. The maximum absolute atomic E-state index is 13.1. The number of aromatic nitrogens is 5. The molecule has 0 fully saturated rings. The lowest BCUT2D eigenvalue weighted by atomic mass is 10.1. The Bertz CT molecular complexity index is 1370. The molecule has 140 valence electrons. The van der Waals surface area contributed by atoms with Gasteiger partial charge in [-0.3, -0.25) is 0 Å². The van der Waals surface area contributed by atoms with Crippen molar-refractivity contribution < 1.29 is 13.2 Å². The Morgan fingerprint density at radius 1 is 1.11 bits per heavy atom. The first-order valence-corrected chi connectivity index (χ1v) is 9.70. The van der Waals surface area contributed by atoms with Crippen LogP contribution in [0.3, 0.4) is 0 Å². The first-order valence-electron chi connectivity index (χ1n) is 8.09. The molecule has 0 saturated heterocycles. The molecule has 0 N–H and O–H groups in total. The van der Waals surface area contributed by atoms with Crippen molar-refractivity contribution in [1.29, 1.82) is 0 Å². The number of benzene rings is 1. The third-order valence-corrected chi connectivity index (χ3v) is 5.95. The number of hydrogen-bond acceptors (Lipinski definition) is 5. The fourth-order valence-electron chi connectivity index (χ4n) is 3.08. The molecule has 5 aromatic rings. The van der Waals surface area contributed by atoms with Crippen LogP contribution in [0.5, 0.6) is 0 Å². The van der Waals surface area contributed by atoms with Crippen LogP contribution in [0.1, 0.15) is 11.3 Å². The van der Waals surface area contributed by atoms with Crippen LogP contribution in [0.15, 0.2) is 41.1 Å². The fourth-order valence-corrected chi connectivity index (χ4v) is 4.52. The van der Waals surface area contributed by atoms with E-state index in [1.54, 1.807) is 6.92 Å². The minimum atomic E-state index is -4.50. The lowest BCUT2D eigenvalue weighted by molar-refractivity contribution is -0.141. The van der Waals surface area contributed by atoms with Gasteiger partial charge in [0.15, 0.2) is 11.5 Å². The zero-order valence-electron chi connectivity index (χ0n) is 14.1. The van der Waals surface area contributed by atoms with Gasteiger partial charge < -0.3 is 0 Å². The summed E-state index contributed by atoms with van der Waals surface area (Å²) in [6.45, 7) is 1.63. The standard InChI is InChI=1S/C18H9BrF3N5S/c1-8-6-11(18(20,21)22)24-17-12(8)13-14(28-17)16-25-15(26-27(16)7-23-13)9-2-4-10(19)5-3-9/h2-7H,1H3. The predicted molar refractivity (Wildman–Crippen MR) is 104 cm³/mol. The number of hydrogen-bond donors (Lipinski definition) is 0. The third-order valence-electron chi connectivity index (χ3n) is 4.36. The normalized spacial score (nSPS) is 12.5. The van der Waals surface area contributed by atoms with Crippen molar-refractivity contribution in [2.75, 3.05) is 0 Å². The molecule has 0 bridgehead atoms. The van der Waals surface area contributed by atoms with Crippen molar-refractivity contribution in [3.8, 4) is 11.4 Å². The second kappa shape index (κ2) is 5.95. The molecule has 0 aliphatic heterocycles. The number of thiophene rings is 1. The molecule has 5 rings (SSSR count). The highest BCUT2D eigenvalue weighted by atomic mass is 79.9. The van der Waals surface area contributed by atoms with E-state index in [1.807, 2.05) is 24.3 Å². The van der Waals surface area contributed by atoms with Crippen LogP contribution in [-0.2, 0) is 6.18 Å². The van der Waals surface area contributed by atoms with E-state index in [1.165, 1.54) is 10.8 Å². The minimum Gasteiger partial charge on any atom is -0.234 e. The van der Waals surface area contributed by atoms with Crippen LogP contribution in [0, 0.1) is 6.92 Å². The van der Waals surface area contributed by atoms with Gasteiger partial charge in [-0.05, 0) is 30.7 Å². The van der Waals surface area contributed by atoms with Crippen LogP contribution in [-0.4, -0.2) is 24.6 Å². The molecule has 0 aliphatic carbocycles. The van der Waals surface area contributed by atoms with E-state index in [4.69, 9.17) is 0 Å². The van der Waals surface area contributed by atoms with Crippen molar-refractivity contribution in [2.45, 2.75) is 13.1 Å². The predicted octanol–water partition coefficient (Wildman–Crippen LogP) is 5.64. The maximum Gasteiger partial charge on any atom is 0.433 e.